The molecule has 0 bridgehead atoms. The molecule has 2 aromatic carbocycles. The molecule has 0 aromatic heterocycles. The number of halogens is 1. The van der Waals surface area contributed by atoms with Crippen LogP contribution in [-0.2, 0) is 0 Å². The molecule has 0 saturated heterocycles. The van der Waals surface area contributed by atoms with Gasteiger partial charge in [-0.1, -0.05) is 54.6 Å². The van der Waals surface area contributed by atoms with E-state index in [2.05, 4.69) is 12.6 Å². The lowest BCUT2D eigenvalue weighted by molar-refractivity contribution is 1.55. The first kappa shape index (κ1) is 10.0. The molecule has 0 atom stereocenters. The van der Waals surface area contributed by atoms with Gasteiger partial charge < -0.3 is 0 Å². The van der Waals surface area contributed by atoms with Crippen LogP contribution in [0.15, 0.2) is 55.1 Å². The molecular formula is C14H10Cl. The summed E-state index contributed by atoms with van der Waals surface area (Å²) >= 11 is 5.83. The van der Waals surface area contributed by atoms with Crippen LogP contribution in [0, 0.1) is 6.07 Å². The number of benzene rings is 2. The Morgan fingerprint density at radius 1 is 0.933 bits per heavy atom. The summed E-state index contributed by atoms with van der Waals surface area (Å²) in [7, 11) is 0. The van der Waals surface area contributed by atoms with Crippen LogP contribution in [0.1, 0.15) is 11.1 Å². The fourth-order valence-electron chi connectivity index (χ4n) is 1.41. The van der Waals surface area contributed by atoms with Crippen molar-refractivity contribution in [2.45, 2.75) is 0 Å². The van der Waals surface area contributed by atoms with Gasteiger partial charge in [0, 0.05) is 5.02 Å². The first-order valence-electron chi connectivity index (χ1n) is 4.69. The van der Waals surface area contributed by atoms with Crippen molar-refractivity contribution in [1.82, 2.24) is 0 Å². The van der Waals surface area contributed by atoms with Crippen LogP contribution >= 0.6 is 11.6 Å². The summed E-state index contributed by atoms with van der Waals surface area (Å²) in [6.45, 7) is 4.07. The average Bonchev–Trinajstić information content (AvgIpc) is 2.30. The van der Waals surface area contributed by atoms with Crippen molar-refractivity contribution in [2.24, 2.45) is 0 Å². The van der Waals surface area contributed by atoms with Crippen molar-refractivity contribution >= 4 is 17.2 Å². The molecule has 0 aliphatic heterocycles. The van der Waals surface area contributed by atoms with Crippen molar-refractivity contribution in [3.63, 3.8) is 0 Å². The van der Waals surface area contributed by atoms with E-state index in [0.717, 1.165) is 21.7 Å². The third-order valence-corrected chi connectivity index (χ3v) is 2.51. The monoisotopic (exact) mass is 213 g/mol. The first-order valence-corrected chi connectivity index (χ1v) is 5.06. The molecule has 2 rings (SSSR count). The molecule has 0 aliphatic carbocycles. The fraction of sp³-hybridized carbons (Fsp3) is 0. The second-order valence-electron chi connectivity index (χ2n) is 3.27. The van der Waals surface area contributed by atoms with Gasteiger partial charge in [0.2, 0.25) is 0 Å². The summed E-state index contributed by atoms with van der Waals surface area (Å²) in [6.07, 6.45) is 0. The molecule has 0 fully saturated rings. The highest BCUT2D eigenvalue weighted by atomic mass is 35.5. The molecule has 0 nitrogen and oxygen atoms in total. The van der Waals surface area contributed by atoms with E-state index >= 15 is 0 Å². The van der Waals surface area contributed by atoms with Crippen molar-refractivity contribution in [1.29, 1.82) is 0 Å². The largest absolute Gasteiger partial charge is 0.0906 e. The lowest BCUT2D eigenvalue weighted by Gasteiger charge is -2.05. The van der Waals surface area contributed by atoms with Gasteiger partial charge in [-0.05, 0) is 34.9 Å². The summed E-state index contributed by atoms with van der Waals surface area (Å²) in [5, 5.41) is 0.743. The van der Waals surface area contributed by atoms with E-state index < -0.39 is 0 Å². The van der Waals surface area contributed by atoms with Crippen LogP contribution < -0.4 is 0 Å². The molecule has 0 N–H and O–H groups in total. The van der Waals surface area contributed by atoms with E-state index in [1.54, 1.807) is 0 Å². The van der Waals surface area contributed by atoms with Crippen molar-refractivity contribution in [3.8, 4) is 0 Å². The fourth-order valence-corrected chi connectivity index (χ4v) is 1.53. The number of rotatable bonds is 2. The molecule has 0 unspecified atom stereocenters. The average molecular weight is 214 g/mol. The van der Waals surface area contributed by atoms with Gasteiger partial charge in [-0.25, -0.2) is 0 Å². The molecule has 0 amide bonds. The van der Waals surface area contributed by atoms with E-state index in [9.17, 15) is 0 Å². The van der Waals surface area contributed by atoms with E-state index in [1.165, 1.54) is 0 Å². The standard InChI is InChI=1S/C14H10Cl/c1-11(12-5-3-2-4-6-12)13-7-9-14(15)10-8-13/h3-10H,1H2. The Labute approximate surface area is 94.8 Å². The molecule has 1 radical (unpaired) electrons. The molecule has 0 aliphatic rings. The van der Waals surface area contributed by atoms with E-state index in [-0.39, 0.29) is 0 Å². The zero-order valence-electron chi connectivity index (χ0n) is 8.20. The normalized spacial score (nSPS) is 9.93. The minimum Gasteiger partial charge on any atom is -0.0906 e. The quantitative estimate of drug-likeness (QED) is 0.702. The van der Waals surface area contributed by atoms with Crippen LogP contribution in [0.2, 0.25) is 5.02 Å². The minimum atomic E-state index is 0.743. The highest BCUT2D eigenvalue weighted by Gasteiger charge is 2.00. The SMILES string of the molecule is C=C(c1cc[c]cc1)c1ccc(Cl)cc1. The maximum absolute atomic E-state index is 5.83. The smallest absolute Gasteiger partial charge is 0.0406 e. The topological polar surface area (TPSA) is 0 Å². The summed E-state index contributed by atoms with van der Waals surface area (Å²) < 4.78 is 0. The van der Waals surface area contributed by atoms with Crippen molar-refractivity contribution in [2.75, 3.05) is 0 Å². The lowest BCUT2D eigenvalue weighted by Crippen LogP contribution is -1.84. The zero-order chi connectivity index (χ0) is 10.7. The highest BCUT2D eigenvalue weighted by molar-refractivity contribution is 6.30. The Kier molecular flexibility index (Phi) is 2.89. The third kappa shape index (κ3) is 2.28. The summed E-state index contributed by atoms with van der Waals surface area (Å²) in [5.41, 5.74) is 3.20. The van der Waals surface area contributed by atoms with Gasteiger partial charge in [0.05, 0.1) is 0 Å². The second kappa shape index (κ2) is 4.33. The predicted molar refractivity (Wildman–Crippen MR) is 64.9 cm³/mol. The predicted octanol–water partition coefficient (Wildman–Crippen LogP) is 4.20. The van der Waals surface area contributed by atoms with Crippen LogP contribution in [0.25, 0.3) is 5.57 Å². The summed E-state index contributed by atoms with van der Waals surface area (Å²) in [4.78, 5) is 0. The zero-order valence-corrected chi connectivity index (χ0v) is 8.96. The van der Waals surface area contributed by atoms with Gasteiger partial charge in [0.1, 0.15) is 0 Å². The molecule has 1 heteroatoms. The Bertz CT molecular complexity index is 454. The number of hydrogen-bond acceptors (Lipinski definition) is 0. The highest BCUT2D eigenvalue weighted by Crippen LogP contribution is 2.22. The Hall–Kier alpha value is -1.53. The van der Waals surface area contributed by atoms with Crippen LogP contribution in [-0.4, -0.2) is 0 Å². The van der Waals surface area contributed by atoms with Crippen molar-refractivity contribution in [3.05, 3.63) is 77.3 Å². The van der Waals surface area contributed by atoms with Gasteiger partial charge in [0.25, 0.3) is 0 Å². The molecule has 2 aromatic rings. The van der Waals surface area contributed by atoms with Gasteiger partial charge >= 0.3 is 0 Å². The van der Waals surface area contributed by atoms with Crippen LogP contribution in [0.3, 0.4) is 0 Å². The second-order valence-corrected chi connectivity index (χ2v) is 3.71. The molecule has 0 heterocycles. The van der Waals surface area contributed by atoms with Gasteiger partial charge in [-0.2, -0.15) is 0 Å². The number of hydrogen-bond donors (Lipinski definition) is 0. The summed E-state index contributed by atoms with van der Waals surface area (Å²) in [5.74, 6) is 0. The Morgan fingerprint density at radius 2 is 1.47 bits per heavy atom. The Morgan fingerprint density at radius 3 is 2.07 bits per heavy atom. The van der Waals surface area contributed by atoms with Gasteiger partial charge in [-0.15, -0.1) is 0 Å². The third-order valence-electron chi connectivity index (χ3n) is 2.26. The lowest BCUT2D eigenvalue weighted by atomic mass is 10.00. The maximum atomic E-state index is 5.83. The van der Waals surface area contributed by atoms with Crippen LogP contribution in [0.4, 0.5) is 0 Å². The molecule has 0 spiro atoms. The first-order chi connectivity index (χ1) is 7.27. The van der Waals surface area contributed by atoms with Crippen molar-refractivity contribution < 1.29 is 0 Å². The maximum Gasteiger partial charge on any atom is 0.0406 e. The van der Waals surface area contributed by atoms with E-state index in [1.807, 2.05) is 48.5 Å². The van der Waals surface area contributed by atoms with Gasteiger partial charge in [0.15, 0.2) is 0 Å². The van der Waals surface area contributed by atoms with Crippen LogP contribution in [0.5, 0.6) is 0 Å². The van der Waals surface area contributed by atoms with E-state index in [4.69, 9.17) is 11.6 Å². The summed E-state index contributed by atoms with van der Waals surface area (Å²) in [6, 6.07) is 18.4. The minimum absolute atomic E-state index is 0.743. The molecule has 73 valence electrons. The van der Waals surface area contributed by atoms with E-state index in [0.29, 0.717) is 0 Å². The molecular weight excluding hydrogens is 204 g/mol. The van der Waals surface area contributed by atoms with Gasteiger partial charge in [-0.3, -0.25) is 0 Å². The molecule has 15 heavy (non-hydrogen) atoms. The Balaban J connectivity index is 2.33. The molecule has 0 saturated carbocycles.